The summed E-state index contributed by atoms with van der Waals surface area (Å²) in [5.41, 5.74) is 1.70. The summed E-state index contributed by atoms with van der Waals surface area (Å²) >= 11 is 0. The molecule has 1 N–H and O–H groups in total. The molecule has 0 unspecified atom stereocenters. The zero-order valence-corrected chi connectivity index (χ0v) is 16.4. The van der Waals surface area contributed by atoms with Gasteiger partial charge in [0.1, 0.15) is 5.75 Å². The van der Waals surface area contributed by atoms with Crippen molar-refractivity contribution < 1.29 is 17.9 Å². The summed E-state index contributed by atoms with van der Waals surface area (Å²) in [6, 6.07) is 13.8. The maximum atomic E-state index is 12.4. The minimum absolute atomic E-state index is 0.0662. The normalized spacial score (nSPS) is 11.8. The van der Waals surface area contributed by atoms with Crippen molar-refractivity contribution in [3.8, 4) is 5.75 Å². The van der Waals surface area contributed by atoms with Crippen molar-refractivity contribution in [3.63, 3.8) is 0 Å². The van der Waals surface area contributed by atoms with Gasteiger partial charge in [-0.15, -0.1) is 0 Å². The topological polar surface area (TPSA) is 72.5 Å². The number of hydrogen-bond acceptors (Lipinski definition) is 4. The van der Waals surface area contributed by atoms with E-state index in [1.54, 1.807) is 69.3 Å². The van der Waals surface area contributed by atoms with E-state index in [1.807, 2.05) is 6.92 Å². The molecule has 2 aromatic rings. The lowest BCUT2D eigenvalue weighted by Gasteiger charge is -2.19. The van der Waals surface area contributed by atoms with E-state index in [0.717, 1.165) is 0 Å². The largest absolute Gasteiger partial charge is 0.494 e. The minimum Gasteiger partial charge on any atom is -0.494 e. The van der Waals surface area contributed by atoms with Gasteiger partial charge in [-0.1, -0.05) is 12.1 Å². The molecule has 0 aliphatic rings. The summed E-state index contributed by atoms with van der Waals surface area (Å²) in [5.74, 6) is 0.380. The number of carbonyl (C=O) groups excluding carboxylic acids is 1. The van der Waals surface area contributed by atoms with Gasteiger partial charge in [0.05, 0.1) is 17.1 Å². The standard InChI is InChI=1S/C20H25NO4S/c1-5-25-18-11-9-16(10-12-18)19(22)21-17-8-6-7-15(13-17)14-26(23,24)20(2,3)4/h6-13H,5,14H2,1-4H3,(H,21,22). The van der Waals surface area contributed by atoms with E-state index in [9.17, 15) is 13.2 Å². The summed E-state index contributed by atoms with van der Waals surface area (Å²) in [6.45, 7) is 7.50. The zero-order valence-electron chi connectivity index (χ0n) is 15.6. The number of anilines is 1. The number of amides is 1. The van der Waals surface area contributed by atoms with Crippen molar-refractivity contribution in [1.82, 2.24) is 0 Å². The van der Waals surface area contributed by atoms with Crippen LogP contribution in [-0.2, 0) is 15.6 Å². The van der Waals surface area contributed by atoms with E-state index >= 15 is 0 Å². The maximum absolute atomic E-state index is 12.4. The van der Waals surface area contributed by atoms with E-state index in [0.29, 0.717) is 29.2 Å². The van der Waals surface area contributed by atoms with Gasteiger partial charge < -0.3 is 10.1 Å². The number of hydrogen-bond donors (Lipinski definition) is 1. The third-order valence-corrected chi connectivity index (χ3v) is 6.48. The monoisotopic (exact) mass is 375 g/mol. The smallest absolute Gasteiger partial charge is 0.255 e. The van der Waals surface area contributed by atoms with E-state index < -0.39 is 14.6 Å². The molecule has 0 radical (unpaired) electrons. The highest BCUT2D eigenvalue weighted by molar-refractivity contribution is 7.91. The summed E-state index contributed by atoms with van der Waals surface area (Å²) in [7, 11) is -3.29. The third-order valence-electron chi connectivity index (χ3n) is 3.90. The van der Waals surface area contributed by atoms with Crippen molar-refractivity contribution in [2.45, 2.75) is 38.2 Å². The van der Waals surface area contributed by atoms with Gasteiger partial charge in [-0.05, 0) is 69.7 Å². The van der Waals surface area contributed by atoms with Crippen LogP contribution in [0, 0.1) is 0 Å². The molecule has 0 aromatic heterocycles. The van der Waals surface area contributed by atoms with Gasteiger partial charge in [-0.25, -0.2) is 8.42 Å². The molecular formula is C20H25NO4S. The molecule has 5 nitrogen and oxygen atoms in total. The Morgan fingerprint density at radius 3 is 2.31 bits per heavy atom. The summed E-state index contributed by atoms with van der Waals surface area (Å²) < 4.78 is 29.3. The van der Waals surface area contributed by atoms with Gasteiger partial charge in [0.25, 0.3) is 5.91 Å². The fraction of sp³-hybridized carbons (Fsp3) is 0.350. The maximum Gasteiger partial charge on any atom is 0.255 e. The quantitative estimate of drug-likeness (QED) is 0.827. The Bertz CT molecular complexity index is 865. The number of sulfone groups is 1. The highest BCUT2D eigenvalue weighted by Crippen LogP contribution is 2.22. The third kappa shape index (κ3) is 5.08. The second-order valence-corrected chi connectivity index (χ2v) is 9.73. The van der Waals surface area contributed by atoms with Crippen molar-refractivity contribution in [2.24, 2.45) is 0 Å². The molecule has 0 aliphatic carbocycles. The van der Waals surface area contributed by atoms with Crippen LogP contribution in [0.1, 0.15) is 43.6 Å². The first-order valence-electron chi connectivity index (χ1n) is 8.48. The Balaban J connectivity index is 2.12. The first kappa shape index (κ1) is 20.0. The summed E-state index contributed by atoms with van der Waals surface area (Å²) in [6.07, 6.45) is 0. The molecule has 0 bridgehead atoms. The molecule has 0 saturated heterocycles. The van der Waals surface area contributed by atoms with Crippen LogP contribution in [0.3, 0.4) is 0 Å². The number of ether oxygens (including phenoxy) is 1. The fourth-order valence-corrected chi connectivity index (χ4v) is 3.30. The van der Waals surface area contributed by atoms with Crippen molar-refractivity contribution >= 4 is 21.4 Å². The molecule has 0 spiro atoms. The molecule has 0 heterocycles. The van der Waals surface area contributed by atoms with Crippen LogP contribution in [0.15, 0.2) is 48.5 Å². The second-order valence-electron chi connectivity index (χ2n) is 6.98. The van der Waals surface area contributed by atoms with Gasteiger partial charge >= 0.3 is 0 Å². The molecule has 1 amide bonds. The Labute approximate surface area is 155 Å². The van der Waals surface area contributed by atoms with Crippen LogP contribution < -0.4 is 10.1 Å². The van der Waals surface area contributed by atoms with Gasteiger partial charge in [-0.2, -0.15) is 0 Å². The highest BCUT2D eigenvalue weighted by atomic mass is 32.2. The number of carbonyl (C=O) groups is 1. The Kier molecular flexibility index (Phi) is 6.08. The lowest BCUT2D eigenvalue weighted by molar-refractivity contribution is 0.102. The average Bonchev–Trinajstić information content (AvgIpc) is 2.54. The van der Waals surface area contributed by atoms with Crippen LogP contribution in [0.4, 0.5) is 5.69 Å². The molecule has 2 rings (SSSR count). The molecule has 2 aromatic carbocycles. The van der Waals surface area contributed by atoms with Crippen LogP contribution in [0.25, 0.3) is 0 Å². The van der Waals surface area contributed by atoms with Crippen molar-refractivity contribution in [1.29, 1.82) is 0 Å². The lowest BCUT2D eigenvalue weighted by atomic mass is 10.2. The predicted octanol–water partition coefficient (Wildman–Crippen LogP) is 4.05. The highest BCUT2D eigenvalue weighted by Gasteiger charge is 2.29. The number of benzene rings is 2. The van der Waals surface area contributed by atoms with Crippen molar-refractivity contribution in [3.05, 3.63) is 59.7 Å². The van der Waals surface area contributed by atoms with Crippen LogP contribution in [0.5, 0.6) is 5.75 Å². The zero-order chi connectivity index (χ0) is 19.4. The van der Waals surface area contributed by atoms with Gasteiger partial charge in [0, 0.05) is 11.3 Å². The average molecular weight is 375 g/mol. The molecule has 0 fully saturated rings. The van der Waals surface area contributed by atoms with Crippen LogP contribution in [0.2, 0.25) is 0 Å². The molecule has 0 aliphatic heterocycles. The molecule has 0 atom stereocenters. The minimum atomic E-state index is -3.29. The Morgan fingerprint density at radius 2 is 1.73 bits per heavy atom. The fourth-order valence-electron chi connectivity index (χ4n) is 2.25. The first-order chi connectivity index (χ1) is 12.1. The Morgan fingerprint density at radius 1 is 1.08 bits per heavy atom. The van der Waals surface area contributed by atoms with Crippen molar-refractivity contribution in [2.75, 3.05) is 11.9 Å². The van der Waals surface area contributed by atoms with Gasteiger partial charge in [-0.3, -0.25) is 4.79 Å². The van der Waals surface area contributed by atoms with E-state index in [-0.39, 0.29) is 11.7 Å². The lowest BCUT2D eigenvalue weighted by Crippen LogP contribution is -2.29. The molecule has 0 saturated carbocycles. The molecule has 140 valence electrons. The summed E-state index contributed by atoms with van der Waals surface area (Å²) in [5, 5.41) is 2.80. The molecule has 26 heavy (non-hydrogen) atoms. The van der Waals surface area contributed by atoms with E-state index in [2.05, 4.69) is 5.32 Å². The molecule has 6 heteroatoms. The van der Waals surface area contributed by atoms with E-state index in [4.69, 9.17) is 4.74 Å². The number of rotatable bonds is 6. The van der Waals surface area contributed by atoms with E-state index in [1.165, 1.54) is 0 Å². The van der Waals surface area contributed by atoms with Crippen LogP contribution >= 0.6 is 0 Å². The SMILES string of the molecule is CCOc1ccc(C(=O)Nc2cccc(CS(=O)(=O)C(C)(C)C)c2)cc1. The Hall–Kier alpha value is -2.34. The number of nitrogens with one attached hydrogen (secondary N) is 1. The summed E-state index contributed by atoms with van der Waals surface area (Å²) in [4.78, 5) is 12.4. The van der Waals surface area contributed by atoms with Crippen LogP contribution in [-0.4, -0.2) is 25.7 Å². The predicted molar refractivity (Wildman–Crippen MR) is 104 cm³/mol. The van der Waals surface area contributed by atoms with Gasteiger partial charge in [0.2, 0.25) is 0 Å². The van der Waals surface area contributed by atoms with Gasteiger partial charge in [0.15, 0.2) is 9.84 Å². The first-order valence-corrected chi connectivity index (χ1v) is 10.1. The molecular weight excluding hydrogens is 350 g/mol. The second kappa shape index (κ2) is 7.91.